The van der Waals surface area contributed by atoms with E-state index in [0.717, 1.165) is 18.5 Å². The van der Waals surface area contributed by atoms with Crippen LogP contribution in [0.15, 0.2) is 36.5 Å². The highest BCUT2D eigenvalue weighted by molar-refractivity contribution is 5.78. The summed E-state index contributed by atoms with van der Waals surface area (Å²) in [6.45, 7) is 7.67. The lowest BCUT2D eigenvalue weighted by Gasteiger charge is -2.43. The smallest absolute Gasteiger partial charge is 0.0702 e. The van der Waals surface area contributed by atoms with E-state index in [9.17, 15) is 0 Å². The summed E-state index contributed by atoms with van der Waals surface area (Å²) in [7, 11) is 4.31. The number of likely N-dealkylation sites (N-methyl/N-ethyl adjacent to an activating group) is 2. The minimum Gasteiger partial charge on any atom is -0.309 e. The van der Waals surface area contributed by atoms with Crippen LogP contribution in [0.4, 0.5) is 0 Å². The molecule has 114 valence electrons. The van der Waals surface area contributed by atoms with Crippen LogP contribution >= 0.6 is 0 Å². The van der Waals surface area contributed by atoms with E-state index in [1.165, 1.54) is 10.9 Å². The Hall–Kier alpha value is -1.45. The van der Waals surface area contributed by atoms with E-state index < -0.39 is 0 Å². The second-order valence-electron chi connectivity index (χ2n) is 6.06. The van der Waals surface area contributed by atoms with E-state index in [0.29, 0.717) is 0 Å². The maximum atomic E-state index is 4.63. The van der Waals surface area contributed by atoms with Crippen molar-refractivity contribution >= 4 is 10.9 Å². The maximum absolute atomic E-state index is 4.63. The Morgan fingerprint density at radius 3 is 2.57 bits per heavy atom. The van der Waals surface area contributed by atoms with Crippen LogP contribution in [0.5, 0.6) is 0 Å². The molecule has 0 aliphatic heterocycles. The molecule has 0 aliphatic carbocycles. The Morgan fingerprint density at radius 2 is 1.95 bits per heavy atom. The summed E-state index contributed by atoms with van der Waals surface area (Å²) in [4.78, 5) is 6.95. The van der Waals surface area contributed by atoms with Crippen molar-refractivity contribution in [1.29, 1.82) is 0 Å². The molecule has 1 aromatic heterocycles. The average Bonchev–Trinajstić information content (AvgIpc) is 2.51. The van der Waals surface area contributed by atoms with Crippen molar-refractivity contribution in [3.05, 3.63) is 42.1 Å². The number of hydrogen-bond donors (Lipinski definition) is 1. The lowest BCUT2D eigenvalue weighted by Crippen LogP contribution is -2.51. The van der Waals surface area contributed by atoms with Gasteiger partial charge in [0.2, 0.25) is 0 Å². The van der Waals surface area contributed by atoms with Gasteiger partial charge < -0.3 is 10.2 Å². The van der Waals surface area contributed by atoms with E-state index in [4.69, 9.17) is 0 Å². The normalized spacial score (nSPS) is 16.1. The summed E-state index contributed by atoms with van der Waals surface area (Å²) in [5.41, 5.74) is 2.37. The molecule has 0 saturated heterocycles. The van der Waals surface area contributed by atoms with Gasteiger partial charge in [0.25, 0.3) is 0 Å². The van der Waals surface area contributed by atoms with E-state index >= 15 is 0 Å². The number of nitrogens with zero attached hydrogens (tertiary/aromatic N) is 2. The molecule has 0 saturated carbocycles. The minimum atomic E-state index is 0.0557. The topological polar surface area (TPSA) is 28.2 Å². The van der Waals surface area contributed by atoms with E-state index in [2.05, 4.69) is 74.3 Å². The molecular weight excluding hydrogens is 258 g/mol. The van der Waals surface area contributed by atoms with Crippen LogP contribution in [0.25, 0.3) is 10.9 Å². The number of aromatic nitrogens is 1. The molecule has 1 heterocycles. The number of rotatable bonds is 6. The van der Waals surface area contributed by atoms with Crippen LogP contribution in [0.3, 0.4) is 0 Å². The summed E-state index contributed by atoms with van der Waals surface area (Å²) in [6.07, 6.45) is 3.09. The lowest BCUT2D eigenvalue weighted by molar-refractivity contribution is 0.113. The van der Waals surface area contributed by atoms with Crippen molar-refractivity contribution in [3.63, 3.8) is 0 Å². The van der Waals surface area contributed by atoms with Gasteiger partial charge in [0.15, 0.2) is 0 Å². The zero-order valence-electron chi connectivity index (χ0n) is 13.9. The number of para-hydroxylation sites is 1. The van der Waals surface area contributed by atoms with Crippen molar-refractivity contribution in [2.24, 2.45) is 0 Å². The fraction of sp³-hybridized carbons (Fsp3) is 0.500. The minimum absolute atomic E-state index is 0.0557. The first kappa shape index (κ1) is 15.9. The average molecular weight is 285 g/mol. The summed E-state index contributed by atoms with van der Waals surface area (Å²) >= 11 is 0. The summed E-state index contributed by atoms with van der Waals surface area (Å²) < 4.78 is 0. The molecule has 3 nitrogen and oxygen atoms in total. The van der Waals surface area contributed by atoms with Crippen LogP contribution in [0.2, 0.25) is 0 Å². The van der Waals surface area contributed by atoms with E-state index in [1.807, 2.05) is 12.3 Å². The van der Waals surface area contributed by atoms with Gasteiger partial charge in [-0.2, -0.15) is 0 Å². The molecule has 1 aromatic carbocycles. The molecule has 2 aromatic rings. The Bertz CT molecular complexity index is 594. The van der Waals surface area contributed by atoms with E-state index in [-0.39, 0.29) is 11.6 Å². The van der Waals surface area contributed by atoms with Crippen molar-refractivity contribution in [3.8, 4) is 0 Å². The summed E-state index contributed by atoms with van der Waals surface area (Å²) in [5, 5.41) is 4.86. The maximum Gasteiger partial charge on any atom is 0.0702 e. The molecule has 0 bridgehead atoms. The van der Waals surface area contributed by atoms with Gasteiger partial charge in [-0.15, -0.1) is 0 Å². The zero-order valence-corrected chi connectivity index (χ0v) is 13.9. The lowest BCUT2D eigenvalue weighted by atomic mass is 9.83. The number of nitrogens with one attached hydrogen (secondary N) is 1. The van der Waals surface area contributed by atoms with Crippen LogP contribution in [-0.4, -0.2) is 36.1 Å². The Balaban J connectivity index is 2.49. The molecule has 0 spiro atoms. The largest absolute Gasteiger partial charge is 0.309 e. The highest BCUT2D eigenvalue weighted by atomic mass is 15.2. The molecule has 0 radical (unpaired) electrons. The van der Waals surface area contributed by atoms with Crippen LogP contribution in [-0.2, 0) is 0 Å². The quantitative estimate of drug-likeness (QED) is 0.878. The molecule has 0 amide bonds. The third-order valence-electron chi connectivity index (χ3n) is 4.71. The van der Waals surface area contributed by atoms with Crippen molar-refractivity contribution in [2.45, 2.75) is 38.8 Å². The van der Waals surface area contributed by atoms with Crippen LogP contribution < -0.4 is 5.32 Å². The molecule has 1 N–H and O–H groups in total. The number of fused-ring (bicyclic) bond motifs is 1. The fourth-order valence-electron chi connectivity index (χ4n) is 2.93. The molecule has 0 aliphatic rings. The highest BCUT2D eigenvalue weighted by Crippen LogP contribution is 2.33. The van der Waals surface area contributed by atoms with Gasteiger partial charge in [-0.1, -0.05) is 32.0 Å². The molecule has 2 atom stereocenters. The highest BCUT2D eigenvalue weighted by Gasteiger charge is 2.35. The Kier molecular flexibility index (Phi) is 4.96. The fourth-order valence-corrected chi connectivity index (χ4v) is 2.93. The SMILES string of the molecule is CCNC(c1cnc2ccccc2c1)C(C)(CC)N(C)C. The standard InChI is InChI=1S/C18H27N3/c1-6-18(3,21(4)5)17(19-7-2)15-12-14-10-8-9-11-16(14)20-13-15/h8-13,17,19H,6-7H2,1-5H3. The van der Waals surface area contributed by atoms with Gasteiger partial charge in [0, 0.05) is 17.1 Å². The van der Waals surface area contributed by atoms with E-state index in [1.54, 1.807) is 0 Å². The van der Waals surface area contributed by atoms with Crippen LogP contribution in [0, 0.1) is 0 Å². The first-order valence-electron chi connectivity index (χ1n) is 7.78. The Morgan fingerprint density at radius 1 is 1.24 bits per heavy atom. The van der Waals surface area contributed by atoms with Gasteiger partial charge in [-0.3, -0.25) is 4.98 Å². The monoisotopic (exact) mass is 285 g/mol. The number of pyridine rings is 1. The van der Waals surface area contributed by atoms with Crippen molar-refractivity contribution in [1.82, 2.24) is 15.2 Å². The van der Waals surface area contributed by atoms with Gasteiger partial charge in [0.1, 0.15) is 0 Å². The predicted molar refractivity (Wildman–Crippen MR) is 90.5 cm³/mol. The molecule has 0 fully saturated rings. The summed E-state index contributed by atoms with van der Waals surface area (Å²) in [6, 6.07) is 10.8. The first-order valence-corrected chi connectivity index (χ1v) is 7.78. The van der Waals surface area contributed by atoms with Gasteiger partial charge in [-0.05, 0) is 51.7 Å². The molecule has 3 heteroatoms. The summed E-state index contributed by atoms with van der Waals surface area (Å²) in [5.74, 6) is 0. The Labute approximate surface area is 128 Å². The predicted octanol–water partition coefficient (Wildman–Crippen LogP) is 3.62. The first-order chi connectivity index (χ1) is 10.0. The van der Waals surface area contributed by atoms with Crippen LogP contribution in [0.1, 0.15) is 38.8 Å². The second-order valence-corrected chi connectivity index (χ2v) is 6.06. The van der Waals surface area contributed by atoms with Crippen molar-refractivity contribution in [2.75, 3.05) is 20.6 Å². The molecular formula is C18H27N3. The molecule has 2 rings (SSSR count). The van der Waals surface area contributed by atoms with Crippen molar-refractivity contribution < 1.29 is 0 Å². The zero-order chi connectivity index (χ0) is 15.5. The molecule has 2 unspecified atom stereocenters. The third-order valence-corrected chi connectivity index (χ3v) is 4.71. The van der Waals surface area contributed by atoms with Gasteiger partial charge in [0.05, 0.1) is 11.6 Å². The number of benzene rings is 1. The molecule has 21 heavy (non-hydrogen) atoms. The number of hydrogen-bond acceptors (Lipinski definition) is 3. The second kappa shape index (κ2) is 6.54. The third kappa shape index (κ3) is 3.09. The van der Waals surface area contributed by atoms with Gasteiger partial charge >= 0.3 is 0 Å². The van der Waals surface area contributed by atoms with Gasteiger partial charge in [-0.25, -0.2) is 0 Å².